The molecule has 6 rings (SSSR count). The van der Waals surface area contributed by atoms with Crippen LogP contribution >= 0.6 is 0 Å². The molecule has 2 aromatic heterocycles. The van der Waals surface area contributed by atoms with Gasteiger partial charge in [-0.05, 0) is 81.5 Å². The van der Waals surface area contributed by atoms with Gasteiger partial charge in [-0.3, -0.25) is 14.4 Å². The molecule has 3 atom stereocenters. The predicted octanol–water partition coefficient (Wildman–Crippen LogP) is 3.73. The summed E-state index contributed by atoms with van der Waals surface area (Å²) in [6.45, 7) is 3.73. The zero-order chi connectivity index (χ0) is 31.7. The fraction of sp³-hybridized carbons (Fsp3) is 0.455. The lowest BCUT2D eigenvalue weighted by molar-refractivity contribution is -0.137. The number of amides is 3. The molecule has 12 heteroatoms. The second-order valence-corrected chi connectivity index (χ2v) is 12.1. The third-order valence-electron chi connectivity index (χ3n) is 9.23. The van der Waals surface area contributed by atoms with Gasteiger partial charge in [0.1, 0.15) is 17.7 Å². The highest BCUT2D eigenvalue weighted by atomic mass is 19.1. The number of hydrogen-bond acceptors (Lipinski definition) is 5. The lowest BCUT2D eigenvalue weighted by Crippen LogP contribution is -2.51. The van der Waals surface area contributed by atoms with E-state index >= 15 is 0 Å². The van der Waals surface area contributed by atoms with Crippen molar-refractivity contribution in [3.05, 3.63) is 53.6 Å². The molecule has 0 aliphatic carbocycles. The van der Waals surface area contributed by atoms with Crippen molar-refractivity contribution in [3.63, 3.8) is 0 Å². The van der Waals surface area contributed by atoms with Crippen molar-refractivity contribution < 1.29 is 23.2 Å². The Hall–Kier alpha value is -4.32. The molecule has 0 radical (unpaired) electrons. The van der Waals surface area contributed by atoms with E-state index in [1.165, 1.54) is 24.3 Å². The van der Waals surface area contributed by atoms with Crippen LogP contribution in [-0.2, 0) is 27.3 Å². The molecule has 4 heterocycles. The quantitative estimate of drug-likeness (QED) is 0.222. The van der Waals surface area contributed by atoms with E-state index in [2.05, 4.69) is 15.6 Å². The molecule has 0 spiro atoms. The van der Waals surface area contributed by atoms with Crippen LogP contribution in [0.3, 0.4) is 0 Å². The topological polar surface area (TPSA) is 115 Å². The molecule has 238 valence electrons. The Morgan fingerprint density at radius 1 is 1.09 bits per heavy atom. The first-order chi connectivity index (χ1) is 21.8. The molecule has 0 saturated carbocycles. The number of aromatic amines is 1. The van der Waals surface area contributed by atoms with E-state index < -0.39 is 11.9 Å². The number of carbonyl (C=O) groups is 3. The minimum Gasteiger partial charge on any atom is -0.352 e. The minimum atomic E-state index is -0.630. The lowest BCUT2D eigenvalue weighted by atomic mass is 9.99. The van der Waals surface area contributed by atoms with Crippen molar-refractivity contribution in [1.29, 1.82) is 0 Å². The number of benzene rings is 2. The summed E-state index contributed by atoms with van der Waals surface area (Å²) in [5.41, 5.74) is 3.38. The number of carbonyl (C=O) groups excluding carboxylic acids is 3. The zero-order valence-corrected chi connectivity index (χ0v) is 25.6. The third kappa shape index (κ3) is 6.03. The van der Waals surface area contributed by atoms with Gasteiger partial charge in [-0.15, -0.1) is 0 Å². The van der Waals surface area contributed by atoms with E-state index in [-0.39, 0.29) is 36.3 Å². The molecule has 3 amide bonds. The highest BCUT2D eigenvalue weighted by Gasteiger charge is 2.35. The number of aromatic nitrogens is 3. The Morgan fingerprint density at radius 3 is 2.62 bits per heavy atom. The fourth-order valence-electron chi connectivity index (χ4n) is 7.03. The summed E-state index contributed by atoms with van der Waals surface area (Å²) in [6.07, 6.45) is 5.17. The third-order valence-corrected chi connectivity index (χ3v) is 9.23. The van der Waals surface area contributed by atoms with Crippen molar-refractivity contribution >= 4 is 40.2 Å². The summed E-state index contributed by atoms with van der Waals surface area (Å²) in [4.78, 5) is 49.8. The van der Waals surface area contributed by atoms with Crippen LogP contribution < -0.4 is 10.6 Å². The number of rotatable bonds is 11. The van der Waals surface area contributed by atoms with Gasteiger partial charge in [0.25, 0.3) is 0 Å². The Balaban J connectivity index is 1.41. The standard InChI is InChI=1S/C33H39F2N7O3/c1-3-26(37-30(44)17-36-2)33(45)41-13-5-6-22(41)16-25-24-10-8-20(34)14-27(24)38-31(25)32-39-28-15-21(35)9-11-29(28)42(32)18-23-7-4-12-40(23)19-43/h8-11,14-15,19,22-23,26,36,38H,3-7,12-13,16-18H2,1-2H3,(H,37,44). The summed E-state index contributed by atoms with van der Waals surface area (Å²) in [5.74, 6) is -0.567. The van der Waals surface area contributed by atoms with E-state index in [9.17, 15) is 23.2 Å². The number of likely N-dealkylation sites (tertiary alicyclic amines) is 2. The van der Waals surface area contributed by atoms with Crippen LogP contribution in [0.2, 0.25) is 0 Å². The largest absolute Gasteiger partial charge is 0.352 e. The number of likely N-dealkylation sites (N-methyl/N-ethyl adjacent to an activating group) is 1. The second kappa shape index (κ2) is 13.0. The van der Waals surface area contributed by atoms with Crippen LogP contribution in [-0.4, -0.2) is 87.4 Å². The van der Waals surface area contributed by atoms with Gasteiger partial charge in [0.2, 0.25) is 18.2 Å². The van der Waals surface area contributed by atoms with Crippen molar-refractivity contribution in [2.24, 2.45) is 0 Å². The van der Waals surface area contributed by atoms with Gasteiger partial charge in [-0.1, -0.05) is 6.92 Å². The van der Waals surface area contributed by atoms with Gasteiger partial charge in [0, 0.05) is 48.7 Å². The molecule has 0 bridgehead atoms. The van der Waals surface area contributed by atoms with Crippen LogP contribution in [0.25, 0.3) is 33.5 Å². The molecule has 4 aromatic rings. The van der Waals surface area contributed by atoms with Crippen LogP contribution in [0.15, 0.2) is 36.4 Å². The average molecular weight is 620 g/mol. The molecular weight excluding hydrogens is 580 g/mol. The number of nitrogens with one attached hydrogen (secondary N) is 3. The predicted molar refractivity (Wildman–Crippen MR) is 167 cm³/mol. The van der Waals surface area contributed by atoms with Gasteiger partial charge in [0.05, 0.1) is 23.3 Å². The summed E-state index contributed by atoms with van der Waals surface area (Å²) < 4.78 is 30.9. The van der Waals surface area contributed by atoms with E-state index in [1.807, 2.05) is 16.4 Å². The normalized spacial score (nSPS) is 19.1. The fourth-order valence-corrected chi connectivity index (χ4v) is 7.03. The van der Waals surface area contributed by atoms with Gasteiger partial charge < -0.3 is 30.0 Å². The smallest absolute Gasteiger partial charge is 0.245 e. The Labute approximate surface area is 260 Å². The molecule has 45 heavy (non-hydrogen) atoms. The number of halogens is 2. The molecule has 3 unspecified atom stereocenters. The lowest BCUT2D eigenvalue weighted by Gasteiger charge is -2.29. The van der Waals surface area contributed by atoms with Crippen molar-refractivity contribution in [2.45, 2.75) is 70.1 Å². The molecule has 3 N–H and O–H groups in total. The summed E-state index contributed by atoms with van der Waals surface area (Å²) in [7, 11) is 1.68. The van der Waals surface area contributed by atoms with Crippen LogP contribution in [0.1, 0.15) is 44.6 Å². The van der Waals surface area contributed by atoms with E-state index in [4.69, 9.17) is 4.98 Å². The Kier molecular flexibility index (Phi) is 8.84. The van der Waals surface area contributed by atoms with Crippen LogP contribution in [0.4, 0.5) is 8.78 Å². The number of hydrogen-bond donors (Lipinski definition) is 3. The molecule has 2 aromatic carbocycles. The number of H-pyrrole nitrogens is 1. The second-order valence-electron chi connectivity index (χ2n) is 12.1. The molecule has 2 fully saturated rings. The summed E-state index contributed by atoms with van der Waals surface area (Å²) >= 11 is 0. The molecule has 2 aliphatic heterocycles. The molecule has 2 saturated heterocycles. The molecular formula is C33H39F2N7O3. The Morgan fingerprint density at radius 2 is 1.84 bits per heavy atom. The van der Waals surface area contributed by atoms with E-state index in [1.54, 1.807) is 24.1 Å². The van der Waals surface area contributed by atoms with Gasteiger partial charge in [-0.2, -0.15) is 0 Å². The maximum atomic E-state index is 14.5. The molecule has 10 nitrogen and oxygen atoms in total. The van der Waals surface area contributed by atoms with Crippen LogP contribution in [0.5, 0.6) is 0 Å². The van der Waals surface area contributed by atoms with E-state index in [0.29, 0.717) is 55.0 Å². The van der Waals surface area contributed by atoms with E-state index in [0.717, 1.165) is 48.6 Å². The Bertz CT molecular complexity index is 1730. The van der Waals surface area contributed by atoms with Crippen molar-refractivity contribution in [3.8, 4) is 11.5 Å². The number of imidazole rings is 1. The maximum absolute atomic E-state index is 14.5. The average Bonchev–Trinajstić information content (AvgIpc) is 3.81. The SMILES string of the molecule is CCC(NC(=O)CNC)C(=O)N1CCCC1Cc1c(-c2nc3cc(F)ccc3n2CC2CCCN2C=O)[nH]c2cc(F)ccc12. The summed E-state index contributed by atoms with van der Waals surface area (Å²) in [5, 5.41) is 6.49. The summed E-state index contributed by atoms with van der Waals surface area (Å²) in [6, 6.07) is 8.29. The van der Waals surface area contributed by atoms with Crippen molar-refractivity contribution in [1.82, 2.24) is 35.0 Å². The highest BCUT2D eigenvalue weighted by Crippen LogP contribution is 2.36. The first-order valence-corrected chi connectivity index (χ1v) is 15.7. The monoisotopic (exact) mass is 619 g/mol. The van der Waals surface area contributed by atoms with Gasteiger partial charge in [0.15, 0.2) is 5.82 Å². The van der Waals surface area contributed by atoms with Crippen LogP contribution in [0, 0.1) is 11.6 Å². The molecule has 2 aliphatic rings. The highest BCUT2D eigenvalue weighted by molar-refractivity contribution is 5.92. The maximum Gasteiger partial charge on any atom is 0.245 e. The van der Waals surface area contributed by atoms with Gasteiger partial charge >= 0.3 is 0 Å². The minimum absolute atomic E-state index is 0.0407. The van der Waals surface area contributed by atoms with Crippen molar-refractivity contribution in [2.75, 3.05) is 26.7 Å². The number of nitrogens with zero attached hydrogens (tertiary/aromatic N) is 4. The first kappa shape index (κ1) is 30.7. The first-order valence-electron chi connectivity index (χ1n) is 15.7. The zero-order valence-electron chi connectivity index (χ0n) is 25.6. The van der Waals surface area contributed by atoms with Gasteiger partial charge in [-0.25, -0.2) is 13.8 Å². The number of fused-ring (bicyclic) bond motifs is 2.